The van der Waals surface area contributed by atoms with E-state index in [9.17, 15) is 13.2 Å². The molecule has 2 aromatic carbocycles. The molecule has 0 radical (unpaired) electrons. The van der Waals surface area contributed by atoms with Crippen LogP contribution in [-0.4, -0.2) is 30.4 Å². The molecule has 1 heterocycles. The van der Waals surface area contributed by atoms with Crippen LogP contribution in [0, 0.1) is 0 Å². The van der Waals surface area contributed by atoms with Gasteiger partial charge in [-0.15, -0.1) is 0 Å². The normalized spacial score (nSPS) is 16.0. The average Bonchev–Trinajstić information content (AvgIpc) is 3.17. The van der Waals surface area contributed by atoms with Crippen molar-refractivity contribution in [3.63, 3.8) is 0 Å². The molecule has 1 amide bonds. The number of carbonyl (C=O) groups is 1. The monoisotopic (exact) mass is 450 g/mol. The van der Waals surface area contributed by atoms with Gasteiger partial charge in [0, 0.05) is 23.0 Å². The van der Waals surface area contributed by atoms with Crippen LogP contribution in [0.4, 0.5) is 5.69 Å². The zero-order valence-corrected chi connectivity index (χ0v) is 18.7. The summed E-state index contributed by atoms with van der Waals surface area (Å²) < 4.78 is 27.0. The molecule has 32 heavy (non-hydrogen) atoms. The number of aromatic nitrogens is 2. The second-order valence-corrected chi connectivity index (χ2v) is 9.72. The third-order valence-corrected chi connectivity index (χ3v) is 6.00. The van der Waals surface area contributed by atoms with Gasteiger partial charge < -0.3 is 5.32 Å². The zero-order chi connectivity index (χ0) is 22.6. The van der Waals surface area contributed by atoms with Crippen molar-refractivity contribution in [2.75, 3.05) is 11.0 Å². The Hall–Kier alpha value is -3.39. The van der Waals surface area contributed by atoms with Gasteiger partial charge >= 0.3 is 0 Å². The summed E-state index contributed by atoms with van der Waals surface area (Å²) in [6.07, 6.45) is 9.03. The van der Waals surface area contributed by atoms with Gasteiger partial charge in [0.25, 0.3) is 0 Å². The maximum absolute atomic E-state index is 12.5. The van der Waals surface area contributed by atoms with Crippen molar-refractivity contribution in [2.24, 2.45) is 0 Å². The highest BCUT2D eigenvalue weighted by molar-refractivity contribution is 7.92. The highest BCUT2D eigenvalue weighted by atomic mass is 32.2. The van der Waals surface area contributed by atoms with E-state index in [2.05, 4.69) is 27.3 Å². The Morgan fingerprint density at radius 1 is 1.16 bits per heavy atom. The van der Waals surface area contributed by atoms with Crippen molar-refractivity contribution in [1.82, 2.24) is 15.1 Å². The number of anilines is 1. The van der Waals surface area contributed by atoms with Crippen LogP contribution in [0.25, 0.3) is 6.08 Å². The number of hydrogen-bond donors (Lipinski definition) is 2. The van der Waals surface area contributed by atoms with E-state index in [1.807, 2.05) is 29.1 Å². The summed E-state index contributed by atoms with van der Waals surface area (Å²) in [5.74, 6) is -0.169. The van der Waals surface area contributed by atoms with E-state index in [1.54, 1.807) is 30.3 Å². The zero-order valence-electron chi connectivity index (χ0n) is 17.9. The number of rotatable bonds is 7. The van der Waals surface area contributed by atoms with E-state index in [1.165, 1.54) is 17.3 Å². The standard InChI is InChI=1S/C24H26N4O3S/c1-32(30,31)27-20-13-10-18(11-14-20)12-15-24(29)26-22-8-5-9-23-21(22)16-25-28(23)17-19-6-3-2-4-7-19/h2-4,6-7,10-16,22,27H,5,8-9,17H2,1H3,(H,26,29)/b15-12+. The van der Waals surface area contributed by atoms with Gasteiger partial charge in [-0.25, -0.2) is 8.42 Å². The lowest BCUT2D eigenvalue weighted by atomic mass is 9.93. The maximum Gasteiger partial charge on any atom is 0.244 e. The van der Waals surface area contributed by atoms with Crippen molar-refractivity contribution in [1.29, 1.82) is 0 Å². The molecule has 8 heteroatoms. The molecule has 1 aliphatic carbocycles. The average molecular weight is 451 g/mol. The lowest BCUT2D eigenvalue weighted by Gasteiger charge is -2.23. The molecule has 4 rings (SSSR count). The molecule has 0 aliphatic heterocycles. The summed E-state index contributed by atoms with van der Waals surface area (Å²) in [5.41, 5.74) is 4.76. The first-order chi connectivity index (χ1) is 15.4. The lowest BCUT2D eigenvalue weighted by molar-refractivity contribution is -0.117. The van der Waals surface area contributed by atoms with Gasteiger partial charge in [0.15, 0.2) is 0 Å². The van der Waals surface area contributed by atoms with Crippen LogP contribution in [0.2, 0.25) is 0 Å². The number of benzene rings is 2. The van der Waals surface area contributed by atoms with Gasteiger partial charge in [-0.05, 0) is 48.6 Å². The second-order valence-electron chi connectivity index (χ2n) is 7.97. The van der Waals surface area contributed by atoms with Crippen LogP contribution in [-0.2, 0) is 27.8 Å². The Morgan fingerprint density at radius 2 is 1.91 bits per heavy atom. The molecule has 166 valence electrons. The lowest BCUT2D eigenvalue weighted by Crippen LogP contribution is -2.29. The van der Waals surface area contributed by atoms with Gasteiger partial charge in [-0.1, -0.05) is 42.5 Å². The van der Waals surface area contributed by atoms with Crippen molar-refractivity contribution < 1.29 is 13.2 Å². The minimum atomic E-state index is -3.31. The molecular formula is C24H26N4O3S. The van der Waals surface area contributed by atoms with Crippen LogP contribution >= 0.6 is 0 Å². The minimum Gasteiger partial charge on any atom is -0.346 e. The molecule has 3 aromatic rings. The Kier molecular flexibility index (Phi) is 6.41. The van der Waals surface area contributed by atoms with E-state index >= 15 is 0 Å². The first kappa shape index (κ1) is 21.8. The van der Waals surface area contributed by atoms with Crippen LogP contribution in [0.1, 0.15) is 41.3 Å². The molecular weight excluding hydrogens is 424 g/mol. The third kappa shape index (κ3) is 5.64. The summed E-state index contributed by atoms with van der Waals surface area (Å²) >= 11 is 0. The molecule has 1 aliphatic rings. The van der Waals surface area contributed by atoms with Crippen LogP contribution in [0.5, 0.6) is 0 Å². The number of nitrogens with zero attached hydrogens (tertiary/aromatic N) is 2. The van der Waals surface area contributed by atoms with E-state index in [0.29, 0.717) is 5.69 Å². The summed E-state index contributed by atoms with van der Waals surface area (Å²) in [4.78, 5) is 12.5. The molecule has 0 fully saturated rings. The topological polar surface area (TPSA) is 93.1 Å². The Morgan fingerprint density at radius 3 is 2.62 bits per heavy atom. The quantitative estimate of drug-likeness (QED) is 0.539. The SMILES string of the molecule is CS(=O)(=O)Nc1ccc(/C=C/C(=O)NC2CCCc3c2cnn3Cc2ccccc2)cc1. The van der Waals surface area contributed by atoms with Crippen molar-refractivity contribution in [2.45, 2.75) is 31.8 Å². The van der Waals surface area contributed by atoms with Gasteiger partial charge in [0.05, 0.1) is 25.0 Å². The molecule has 2 N–H and O–H groups in total. The van der Waals surface area contributed by atoms with Gasteiger partial charge in [0.1, 0.15) is 0 Å². The highest BCUT2D eigenvalue weighted by Gasteiger charge is 2.25. The fourth-order valence-electron chi connectivity index (χ4n) is 3.93. The number of fused-ring (bicyclic) bond motifs is 1. The Balaban J connectivity index is 1.39. The predicted octanol–water partition coefficient (Wildman–Crippen LogP) is 3.51. The number of carbonyl (C=O) groups excluding carboxylic acids is 1. The van der Waals surface area contributed by atoms with Gasteiger partial charge in [-0.2, -0.15) is 5.10 Å². The van der Waals surface area contributed by atoms with Crippen LogP contribution < -0.4 is 10.0 Å². The molecule has 1 atom stereocenters. The van der Waals surface area contributed by atoms with Crippen molar-refractivity contribution in [3.05, 3.63) is 89.3 Å². The fourth-order valence-corrected chi connectivity index (χ4v) is 4.49. The molecule has 1 unspecified atom stereocenters. The van der Waals surface area contributed by atoms with E-state index in [0.717, 1.165) is 43.2 Å². The van der Waals surface area contributed by atoms with Crippen LogP contribution in [0.3, 0.4) is 0 Å². The highest BCUT2D eigenvalue weighted by Crippen LogP contribution is 2.30. The van der Waals surface area contributed by atoms with Gasteiger partial charge in [-0.3, -0.25) is 14.2 Å². The summed E-state index contributed by atoms with van der Waals surface area (Å²) in [5, 5.41) is 7.67. The second kappa shape index (κ2) is 9.40. The maximum atomic E-state index is 12.5. The molecule has 0 bridgehead atoms. The summed E-state index contributed by atoms with van der Waals surface area (Å²) in [6, 6.07) is 17.0. The number of hydrogen-bond acceptors (Lipinski definition) is 4. The molecule has 0 saturated heterocycles. The van der Waals surface area contributed by atoms with Crippen molar-refractivity contribution >= 4 is 27.7 Å². The first-order valence-corrected chi connectivity index (χ1v) is 12.4. The third-order valence-electron chi connectivity index (χ3n) is 5.40. The Bertz CT molecular complexity index is 1220. The summed E-state index contributed by atoms with van der Waals surface area (Å²) in [6.45, 7) is 0.723. The molecule has 1 aromatic heterocycles. The van der Waals surface area contributed by atoms with Gasteiger partial charge in [0.2, 0.25) is 15.9 Å². The van der Waals surface area contributed by atoms with Crippen LogP contribution in [0.15, 0.2) is 66.9 Å². The van der Waals surface area contributed by atoms with Crippen molar-refractivity contribution in [3.8, 4) is 0 Å². The minimum absolute atomic E-state index is 0.0539. The number of sulfonamides is 1. The summed E-state index contributed by atoms with van der Waals surface area (Å²) in [7, 11) is -3.31. The fraction of sp³-hybridized carbons (Fsp3) is 0.250. The predicted molar refractivity (Wildman–Crippen MR) is 126 cm³/mol. The molecule has 0 spiro atoms. The number of amides is 1. The number of nitrogens with one attached hydrogen (secondary N) is 2. The molecule has 7 nitrogen and oxygen atoms in total. The van der Waals surface area contributed by atoms with E-state index < -0.39 is 10.0 Å². The largest absolute Gasteiger partial charge is 0.346 e. The molecule has 0 saturated carbocycles. The van der Waals surface area contributed by atoms with E-state index in [-0.39, 0.29) is 11.9 Å². The first-order valence-electron chi connectivity index (χ1n) is 10.5. The Labute approximate surface area is 188 Å². The smallest absolute Gasteiger partial charge is 0.244 e. The van der Waals surface area contributed by atoms with E-state index in [4.69, 9.17) is 0 Å².